The first-order chi connectivity index (χ1) is 7.24. The number of phenolic OH excluding ortho intramolecular Hbond substituents is 1. The van der Waals surface area contributed by atoms with Crippen molar-refractivity contribution in [1.29, 1.82) is 0 Å². The minimum atomic E-state index is 0.267. The van der Waals surface area contributed by atoms with E-state index < -0.39 is 0 Å². The van der Waals surface area contributed by atoms with Gasteiger partial charge in [0.05, 0.1) is 0 Å². The van der Waals surface area contributed by atoms with E-state index in [4.69, 9.17) is 5.11 Å². The van der Waals surface area contributed by atoms with Crippen LogP contribution in [0.4, 0.5) is 0 Å². The van der Waals surface area contributed by atoms with Gasteiger partial charge in [0.2, 0.25) is 0 Å². The minimum Gasteiger partial charge on any atom is -0.508 e. The number of hydrogen-bond donors (Lipinski definition) is 2. The Morgan fingerprint density at radius 1 is 1.40 bits per heavy atom. The molecule has 15 heavy (non-hydrogen) atoms. The topological polar surface area (TPSA) is 40.5 Å². The third kappa shape index (κ3) is 1.86. The van der Waals surface area contributed by atoms with Crippen LogP contribution in [0.3, 0.4) is 0 Å². The van der Waals surface area contributed by atoms with E-state index in [0.717, 1.165) is 24.8 Å². The predicted octanol–water partition coefficient (Wildman–Crippen LogP) is 2.44. The molecule has 2 nitrogen and oxygen atoms in total. The maximum absolute atomic E-state index is 9.74. The quantitative estimate of drug-likeness (QED) is 0.780. The average molecular weight is 206 g/mol. The van der Waals surface area contributed by atoms with Crippen molar-refractivity contribution in [3.05, 3.63) is 29.3 Å². The van der Waals surface area contributed by atoms with Gasteiger partial charge in [0, 0.05) is 6.61 Å². The zero-order chi connectivity index (χ0) is 10.8. The molecule has 0 fully saturated rings. The van der Waals surface area contributed by atoms with E-state index >= 15 is 0 Å². The molecule has 0 bridgehead atoms. The molecule has 0 aromatic heterocycles. The van der Waals surface area contributed by atoms with Gasteiger partial charge in [-0.05, 0) is 48.3 Å². The van der Waals surface area contributed by atoms with Gasteiger partial charge in [0.25, 0.3) is 0 Å². The van der Waals surface area contributed by atoms with Gasteiger partial charge in [-0.1, -0.05) is 19.1 Å². The Balaban J connectivity index is 2.30. The molecule has 2 heteroatoms. The van der Waals surface area contributed by atoms with Crippen LogP contribution in [0.25, 0.3) is 0 Å². The zero-order valence-electron chi connectivity index (χ0n) is 9.11. The summed E-state index contributed by atoms with van der Waals surface area (Å²) in [5.74, 6) is 1.44. The van der Waals surface area contributed by atoms with Crippen molar-refractivity contribution in [3.63, 3.8) is 0 Å². The first-order valence-electron chi connectivity index (χ1n) is 5.65. The van der Waals surface area contributed by atoms with Crippen LogP contribution < -0.4 is 0 Å². The maximum atomic E-state index is 9.74. The highest BCUT2D eigenvalue weighted by Gasteiger charge is 2.26. The first-order valence-corrected chi connectivity index (χ1v) is 5.65. The summed E-state index contributed by atoms with van der Waals surface area (Å²) in [6.45, 7) is 2.46. The van der Waals surface area contributed by atoms with E-state index in [-0.39, 0.29) is 6.61 Å². The lowest BCUT2D eigenvalue weighted by atomic mass is 9.74. The lowest BCUT2D eigenvalue weighted by Crippen LogP contribution is -2.19. The van der Waals surface area contributed by atoms with Gasteiger partial charge in [-0.3, -0.25) is 0 Å². The Labute approximate surface area is 90.6 Å². The number of phenols is 1. The Hall–Kier alpha value is -1.02. The van der Waals surface area contributed by atoms with Crippen molar-refractivity contribution < 1.29 is 10.2 Å². The standard InChI is InChI=1S/C13H18O2/c1-9-10(7-8-14)5-6-12-11(9)3-2-4-13(12)15/h2-4,9-10,14-15H,5-8H2,1H3. The molecule has 0 saturated carbocycles. The van der Waals surface area contributed by atoms with Crippen molar-refractivity contribution in [3.8, 4) is 5.75 Å². The second-order valence-electron chi connectivity index (χ2n) is 4.44. The fourth-order valence-corrected chi connectivity index (χ4v) is 2.68. The SMILES string of the molecule is CC1c2cccc(O)c2CCC1CCO. The van der Waals surface area contributed by atoms with Crippen molar-refractivity contribution in [2.75, 3.05) is 6.61 Å². The number of benzene rings is 1. The number of fused-ring (bicyclic) bond motifs is 1. The molecule has 0 heterocycles. The number of rotatable bonds is 2. The largest absolute Gasteiger partial charge is 0.508 e. The van der Waals surface area contributed by atoms with E-state index in [1.54, 1.807) is 6.07 Å². The van der Waals surface area contributed by atoms with Gasteiger partial charge < -0.3 is 10.2 Å². The molecule has 0 aliphatic heterocycles. The Morgan fingerprint density at radius 2 is 2.20 bits per heavy atom. The number of aliphatic hydroxyl groups is 1. The van der Waals surface area contributed by atoms with E-state index in [9.17, 15) is 5.11 Å². The van der Waals surface area contributed by atoms with Crippen molar-refractivity contribution in [1.82, 2.24) is 0 Å². The summed E-state index contributed by atoms with van der Waals surface area (Å²) in [7, 11) is 0. The van der Waals surface area contributed by atoms with Crippen LogP contribution in [0.1, 0.15) is 36.8 Å². The summed E-state index contributed by atoms with van der Waals surface area (Å²) in [6, 6.07) is 5.77. The van der Waals surface area contributed by atoms with Crippen LogP contribution in [-0.2, 0) is 6.42 Å². The molecule has 1 aromatic rings. The van der Waals surface area contributed by atoms with Gasteiger partial charge in [-0.2, -0.15) is 0 Å². The van der Waals surface area contributed by atoms with Crippen LogP contribution in [0, 0.1) is 5.92 Å². The fraction of sp³-hybridized carbons (Fsp3) is 0.538. The van der Waals surface area contributed by atoms with E-state index in [1.807, 2.05) is 6.07 Å². The lowest BCUT2D eigenvalue weighted by molar-refractivity contribution is 0.233. The predicted molar refractivity (Wildman–Crippen MR) is 60.0 cm³/mol. The summed E-state index contributed by atoms with van der Waals surface area (Å²) in [5, 5.41) is 18.7. The molecule has 82 valence electrons. The molecule has 0 spiro atoms. The van der Waals surface area contributed by atoms with Gasteiger partial charge in [0.1, 0.15) is 5.75 Å². The number of aromatic hydroxyl groups is 1. The Morgan fingerprint density at radius 3 is 2.93 bits per heavy atom. The molecule has 2 N–H and O–H groups in total. The second kappa shape index (κ2) is 4.23. The fourth-order valence-electron chi connectivity index (χ4n) is 2.68. The molecule has 2 unspecified atom stereocenters. The summed E-state index contributed by atoms with van der Waals surface area (Å²) in [6.07, 6.45) is 2.89. The van der Waals surface area contributed by atoms with Crippen LogP contribution in [0.5, 0.6) is 5.75 Å². The molecular weight excluding hydrogens is 188 g/mol. The number of aliphatic hydroxyl groups excluding tert-OH is 1. The summed E-state index contributed by atoms with van der Waals surface area (Å²) < 4.78 is 0. The highest BCUT2D eigenvalue weighted by Crippen LogP contribution is 2.40. The molecular formula is C13H18O2. The molecule has 2 atom stereocenters. The van der Waals surface area contributed by atoms with Crippen LogP contribution >= 0.6 is 0 Å². The van der Waals surface area contributed by atoms with Crippen molar-refractivity contribution >= 4 is 0 Å². The van der Waals surface area contributed by atoms with E-state index in [1.165, 1.54) is 5.56 Å². The summed E-state index contributed by atoms with van der Waals surface area (Å²) in [4.78, 5) is 0. The molecule has 1 aliphatic carbocycles. The molecule has 0 amide bonds. The molecule has 0 saturated heterocycles. The first kappa shape index (κ1) is 10.5. The average Bonchev–Trinajstić information content (AvgIpc) is 2.23. The molecule has 1 aromatic carbocycles. The van der Waals surface area contributed by atoms with Crippen LogP contribution in [-0.4, -0.2) is 16.8 Å². The molecule has 0 radical (unpaired) electrons. The normalized spacial score (nSPS) is 24.9. The lowest BCUT2D eigenvalue weighted by Gasteiger charge is -2.31. The Bertz CT molecular complexity index is 346. The van der Waals surface area contributed by atoms with Gasteiger partial charge >= 0.3 is 0 Å². The van der Waals surface area contributed by atoms with Crippen molar-refractivity contribution in [2.24, 2.45) is 5.92 Å². The minimum absolute atomic E-state index is 0.267. The second-order valence-corrected chi connectivity index (χ2v) is 4.44. The van der Waals surface area contributed by atoms with Crippen LogP contribution in [0.15, 0.2) is 18.2 Å². The van der Waals surface area contributed by atoms with Gasteiger partial charge in [-0.15, -0.1) is 0 Å². The monoisotopic (exact) mass is 206 g/mol. The summed E-state index contributed by atoms with van der Waals surface area (Å²) in [5.41, 5.74) is 2.37. The highest BCUT2D eigenvalue weighted by molar-refractivity contribution is 5.42. The Kier molecular flexibility index (Phi) is 2.96. The molecule has 2 rings (SSSR count). The van der Waals surface area contributed by atoms with Gasteiger partial charge in [-0.25, -0.2) is 0 Å². The third-order valence-corrected chi connectivity index (χ3v) is 3.65. The molecule has 1 aliphatic rings. The van der Waals surface area contributed by atoms with Crippen LogP contribution in [0.2, 0.25) is 0 Å². The maximum Gasteiger partial charge on any atom is 0.119 e. The van der Waals surface area contributed by atoms with Crippen molar-refractivity contribution in [2.45, 2.75) is 32.1 Å². The van der Waals surface area contributed by atoms with Gasteiger partial charge in [0.15, 0.2) is 0 Å². The van der Waals surface area contributed by atoms with E-state index in [2.05, 4.69) is 13.0 Å². The third-order valence-electron chi connectivity index (χ3n) is 3.65. The smallest absolute Gasteiger partial charge is 0.119 e. The zero-order valence-corrected chi connectivity index (χ0v) is 9.11. The summed E-state index contributed by atoms with van der Waals surface area (Å²) >= 11 is 0. The number of hydrogen-bond acceptors (Lipinski definition) is 2. The van der Waals surface area contributed by atoms with E-state index in [0.29, 0.717) is 17.6 Å². The highest BCUT2D eigenvalue weighted by atomic mass is 16.3.